The Hall–Kier alpha value is -3.00. The summed E-state index contributed by atoms with van der Waals surface area (Å²) in [7, 11) is 0. The summed E-state index contributed by atoms with van der Waals surface area (Å²) in [5.41, 5.74) is 7.05. The molecule has 0 saturated carbocycles. The van der Waals surface area contributed by atoms with E-state index in [2.05, 4.69) is 15.5 Å². The predicted molar refractivity (Wildman–Crippen MR) is 90.8 cm³/mol. The molecule has 7 nitrogen and oxygen atoms in total. The third-order valence-electron chi connectivity index (χ3n) is 4.52. The highest BCUT2D eigenvalue weighted by molar-refractivity contribution is 5.91. The lowest BCUT2D eigenvalue weighted by atomic mass is 9.91. The molecular formula is C18H17FN4O3. The molecule has 0 bridgehead atoms. The number of rotatable bonds is 4. The fourth-order valence-corrected chi connectivity index (χ4v) is 3.18. The lowest BCUT2D eigenvalue weighted by Gasteiger charge is -2.20. The number of benzene rings is 1. The van der Waals surface area contributed by atoms with Crippen LogP contribution in [0.1, 0.15) is 35.0 Å². The van der Waals surface area contributed by atoms with Crippen LogP contribution in [0.3, 0.4) is 0 Å². The largest absolute Gasteiger partial charge is 0.443 e. The van der Waals surface area contributed by atoms with Gasteiger partial charge in [0.15, 0.2) is 11.5 Å². The predicted octanol–water partition coefficient (Wildman–Crippen LogP) is 2.70. The van der Waals surface area contributed by atoms with E-state index in [-0.39, 0.29) is 23.3 Å². The first-order valence-corrected chi connectivity index (χ1v) is 8.35. The average molecular weight is 356 g/mol. The zero-order chi connectivity index (χ0) is 18.1. The van der Waals surface area contributed by atoms with Crippen LogP contribution < -0.4 is 11.1 Å². The highest BCUT2D eigenvalue weighted by atomic mass is 19.1. The molecule has 0 aliphatic carbocycles. The zero-order valence-corrected chi connectivity index (χ0v) is 13.9. The van der Waals surface area contributed by atoms with Gasteiger partial charge in [0.1, 0.15) is 23.3 Å². The van der Waals surface area contributed by atoms with E-state index < -0.39 is 5.91 Å². The van der Waals surface area contributed by atoms with Gasteiger partial charge in [0, 0.05) is 11.5 Å². The smallest absolute Gasteiger partial charge is 0.270 e. The summed E-state index contributed by atoms with van der Waals surface area (Å²) >= 11 is 0. The number of piperidine rings is 1. The van der Waals surface area contributed by atoms with Gasteiger partial charge in [0.25, 0.3) is 5.91 Å². The normalized spacial score (nSPS) is 15.3. The number of oxazole rings is 1. The van der Waals surface area contributed by atoms with Crippen molar-refractivity contribution in [2.75, 3.05) is 13.1 Å². The molecule has 1 aliphatic rings. The van der Waals surface area contributed by atoms with E-state index >= 15 is 0 Å². The monoisotopic (exact) mass is 356 g/mol. The van der Waals surface area contributed by atoms with Crippen molar-refractivity contribution in [3.05, 3.63) is 47.8 Å². The van der Waals surface area contributed by atoms with Crippen LogP contribution in [0.25, 0.3) is 22.7 Å². The van der Waals surface area contributed by atoms with Gasteiger partial charge in [0.05, 0.1) is 0 Å². The average Bonchev–Trinajstić information content (AvgIpc) is 3.30. The van der Waals surface area contributed by atoms with Gasteiger partial charge in [-0.05, 0) is 50.2 Å². The van der Waals surface area contributed by atoms with E-state index in [1.165, 1.54) is 18.4 Å². The standard InChI is InChI=1S/C18H17FN4O3/c19-12-3-1-10(2-4-12)15-14(18-22-13(9-25-18)17(20)24)16(26-23-15)11-5-7-21-8-6-11/h1-4,9,11,21H,5-8H2,(H2,20,24). The minimum atomic E-state index is -0.678. The summed E-state index contributed by atoms with van der Waals surface area (Å²) in [6.07, 6.45) is 2.98. The van der Waals surface area contributed by atoms with E-state index in [1.807, 2.05) is 0 Å². The fourth-order valence-electron chi connectivity index (χ4n) is 3.18. The molecule has 134 valence electrons. The van der Waals surface area contributed by atoms with Gasteiger partial charge in [-0.15, -0.1) is 0 Å². The Morgan fingerprint density at radius 3 is 2.62 bits per heavy atom. The molecule has 2 aromatic heterocycles. The van der Waals surface area contributed by atoms with Crippen LogP contribution in [-0.2, 0) is 0 Å². The van der Waals surface area contributed by atoms with Crippen molar-refractivity contribution in [2.24, 2.45) is 5.73 Å². The summed E-state index contributed by atoms with van der Waals surface area (Å²) in [5, 5.41) is 7.49. The Morgan fingerprint density at radius 2 is 1.96 bits per heavy atom. The molecule has 1 saturated heterocycles. The molecule has 0 spiro atoms. The van der Waals surface area contributed by atoms with Crippen molar-refractivity contribution < 1.29 is 18.1 Å². The third-order valence-corrected chi connectivity index (χ3v) is 4.52. The molecule has 8 heteroatoms. The number of carbonyl (C=O) groups excluding carboxylic acids is 1. The summed E-state index contributed by atoms with van der Waals surface area (Å²) < 4.78 is 24.4. The summed E-state index contributed by atoms with van der Waals surface area (Å²) in [5.74, 6) is 0.00111. The summed E-state index contributed by atoms with van der Waals surface area (Å²) in [4.78, 5) is 15.6. The number of amides is 1. The molecule has 3 aromatic rings. The second-order valence-corrected chi connectivity index (χ2v) is 6.20. The van der Waals surface area contributed by atoms with Gasteiger partial charge >= 0.3 is 0 Å². The van der Waals surface area contributed by atoms with E-state index in [9.17, 15) is 9.18 Å². The summed E-state index contributed by atoms with van der Waals surface area (Å²) in [6, 6.07) is 5.92. The maximum Gasteiger partial charge on any atom is 0.270 e. The minimum Gasteiger partial charge on any atom is -0.443 e. The Kier molecular flexibility index (Phi) is 4.26. The number of nitrogens with two attached hydrogens (primary N) is 1. The van der Waals surface area contributed by atoms with Crippen molar-refractivity contribution in [1.82, 2.24) is 15.5 Å². The lowest BCUT2D eigenvalue weighted by molar-refractivity contribution is 0.0995. The fraction of sp³-hybridized carbons (Fsp3) is 0.278. The number of hydrogen-bond acceptors (Lipinski definition) is 6. The molecule has 4 rings (SSSR count). The van der Waals surface area contributed by atoms with E-state index in [4.69, 9.17) is 14.7 Å². The molecule has 0 atom stereocenters. The first-order valence-electron chi connectivity index (χ1n) is 8.35. The topological polar surface area (TPSA) is 107 Å². The van der Waals surface area contributed by atoms with Gasteiger partial charge in [-0.3, -0.25) is 4.79 Å². The van der Waals surface area contributed by atoms with E-state index in [1.54, 1.807) is 12.1 Å². The number of nitrogens with one attached hydrogen (secondary N) is 1. The van der Waals surface area contributed by atoms with Crippen LogP contribution in [0.4, 0.5) is 4.39 Å². The number of carbonyl (C=O) groups is 1. The SMILES string of the molecule is NC(=O)c1coc(-c2c(-c3ccc(F)cc3)noc2C2CCNCC2)n1. The number of hydrogen-bond donors (Lipinski definition) is 2. The van der Waals surface area contributed by atoms with Crippen molar-refractivity contribution >= 4 is 5.91 Å². The number of halogens is 1. The van der Waals surface area contributed by atoms with Gasteiger partial charge in [-0.2, -0.15) is 0 Å². The van der Waals surface area contributed by atoms with Crippen LogP contribution in [-0.4, -0.2) is 29.1 Å². The van der Waals surface area contributed by atoms with E-state index in [0.717, 1.165) is 25.9 Å². The Morgan fingerprint density at radius 1 is 1.23 bits per heavy atom. The van der Waals surface area contributed by atoms with Gasteiger partial charge < -0.3 is 20.0 Å². The quantitative estimate of drug-likeness (QED) is 0.744. The summed E-state index contributed by atoms with van der Waals surface area (Å²) in [6.45, 7) is 1.74. The number of nitrogens with zero attached hydrogens (tertiary/aromatic N) is 2. The Bertz CT molecular complexity index is 926. The molecule has 3 heterocycles. The lowest BCUT2D eigenvalue weighted by Crippen LogP contribution is -2.26. The second kappa shape index (κ2) is 6.72. The van der Waals surface area contributed by atoms with Crippen molar-refractivity contribution in [2.45, 2.75) is 18.8 Å². The molecular weight excluding hydrogens is 339 g/mol. The van der Waals surface area contributed by atoms with Crippen molar-refractivity contribution in [3.8, 4) is 22.7 Å². The molecule has 0 unspecified atom stereocenters. The van der Waals surface area contributed by atoms with Crippen LogP contribution in [0, 0.1) is 5.82 Å². The van der Waals surface area contributed by atoms with Crippen LogP contribution in [0.5, 0.6) is 0 Å². The van der Waals surface area contributed by atoms with Crippen molar-refractivity contribution in [3.63, 3.8) is 0 Å². The Labute approximate surface area is 148 Å². The first-order chi connectivity index (χ1) is 12.6. The van der Waals surface area contributed by atoms with Crippen LogP contribution >= 0.6 is 0 Å². The van der Waals surface area contributed by atoms with E-state index in [0.29, 0.717) is 22.6 Å². The highest BCUT2D eigenvalue weighted by Crippen LogP contribution is 2.40. The number of primary amides is 1. The molecule has 1 aliphatic heterocycles. The minimum absolute atomic E-state index is 0.0301. The Balaban J connectivity index is 1.84. The number of aromatic nitrogens is 2. The first kappa shape index (κ1) is 16.5. The zero-order valence-electron chi connectivity index (χ0n) is 13.9. The molecule has 1 fully saturated rings. The second-order valence-electron chi connectivity index (χ2n) is 6.20. The molecule has 0 radical (unpaired) electrons. The van der Waals surface area contributed by atoms with Gasteiger partial charge in [-0.1, -0.05) is 5.16 Å². The highest BCUT2D eigenvalue weighted by Gasteiger charge is 2.30. The molecule has 26 heavy (non-hydrogen) atoms. The maximum absolute atomic E-state index is 13.3. The molecule has 3 N–H and O–H groups in total. The van der Waals surface area contributed by atoms with Crippen molar-refractivity contribution in [1.29, 1.82) is 0 Å². The van der Waals surface area contributed by atoms with Crippen LogP contribution in [0.2, 0.25) is 0 Å². The van der Waals surface area contributed by atoms with Crippen LogP contribution in [0.15, 0.2) is 39.5 Å². The van der Waals surface area contributed by atoms with Gasteiger partial charge in [0.2, 0.25) is 5.89 Å². The molecule has 1 amide bonds. The molecule has 1 aromatic carbocycles. The maximum atomic E-state index is 13.3. The third kappa shape index (κ3) is 2.99. The van der Waals surface area contributed by atoms with Gasteiger partial charge in [-0.25, -0.2) is 9.37 Å².